The molecule has 0 aromatic heterocycles. The highest BCUT2D eigenvalue weighted by molar-refractivity contribution is 5.93. The number of anilines is 1. The molecule has 1 amide bonds. The van der Waals surface area contributed by atoms with E-state index in [1.165, 1.54) is 5.56 Å². The first-order valence-electron chi connectivity index (χ1n) is 9.23. The molecular weight excluding hydrogens is 324 g/mol. The summed E-state index contributed by atoms with van der Waals surface area (Å²) >= 11 is 0. The standard InChI is InChI=1S/C22H30N2O2/c1-17(2)20-13-8-10-18(3)22(20)23-21(25)16-24(4)14-9-15-26-19-11-6-5-7-12-19/h5-8,10-13,17H,9,14-16H2,1-4H3,(H,23,25). The van der Waals surface area contributed by atoms with Crippen molar-refractivity contribution in [2.45, 2.75) is 33.1 Å². The third-order valence-electron chi connectivity index (χ3n) is 4.30. The lowest BCUT2D eigenvalue weighted by Crippen LogP contribution is -2.32. The zero-order valence-electron chi connectivity index (χ0n) is 16.3. The predicted octanol–water partition coefficient (Wildman–Crippen LogP) is 4.46. The maximum Gasteiger partial charge on any atom is 0.238 e. The molecule has 0 heterocycles. The summed E-state index contributed by atoms with van der Waals surface area (Å²) in [5, 5.41) is 3.10. The number of carbonyl (C=O) groups excluding carboxylic acids is 1. The smallest absolute Gasteiger partial charge is 0.238 e. The fraction of sp³-hybridized carbons (Fsp3) is 0.409. The number of amides is 1. The van der Waals surface area contributed by atoms with Gasteiger partial charge in [0.15, 0.2) is 0 Å². The molecule has 0 aliphatic rings. The number of benzene rings is 2. The SMILES string of the molecule is Cc1cccc(C(C)C)c1NC(=O)CN(C)CCCOc1ccccc1. The van der Waals surface area contributed by atoms with Crippen LogP contribution in [0.15, 0.2) is 48.5 Å². The van der Waals surface area contributed by atoms with Gasteiger partial charge in [0.2, 0.25) is 5.91 Å². The zero-order chi connectivity index (χ0) is 18.9. The Labute approximate surface area is 157 Å². The topological polar surface area (TPSA) is 41.6 Å². The number of hydrogen-bond donors (Lipinski definition) is 1. The second kappa shape index (κ2) is 9.97. The second-order valence-electron chi connectivity index (χ2n) is 6.99. The molecule has 0 saturated heterocycles. The minimum absolute atomic E-state index is 0.0210. The van der Waals surface area contributed by atoms with Crippen LogP contribution in [0, 0.1) is 6.92 Å². The molecule has 4 heteroatoms. The van der Waals surface area contributed by atoms with Crippen LogP contribution < -0.4 is 10.1 Å². The van der Waals surface area contributed by atoms with Gasteiger partial charge in [0.1, 0.15) is 5.75 Å². The lowest BCUT2D eigenvalue weighted by Gasteiger charge is -2.19. The number of hydrogen-bond acceptors (Lipinski definition) is 3. The molecule has 0 fully saturated rings. The Hall–Kier alpha value is -2.33. The van der Waals surface area contributed by atoms with Gasteiger partial charge in [-0.15, -0.1) is 0 Å². The molecule has 0 bridgehead atoms. The molecule has 0 aliphatic heterocycles. The van der Waals surface area contributed by atoms with Crippen molar-refractivity contribution in [2.75, 3.05) is 32.1 Å². The summed E-state index contributed by atoms with van der Waals surface area (Å²) in [7, 11) is 1.96. The van der Waals surface area contributed by atoms with Gasteiger partial charge in [-0.25, -0.2) is 0 Å². The minimum atomic E-state index is 0.0210. The maximum absolute atomic E-state index is 12.4. The quantitative estimate of drug-likeness (QED) is 0.676. The van der Waals surface area contributed by atoms with Crippen LogP contribution in [-0.4, -0.2) is 37.6 Å². The Balaban J connectivity index is 1.77. The Morgan fingerprint density at radius 2 is 1.85 bits per heavy atom. The third-order valence-corrected chi connectivity index (χ3v) is 4.30. The highest BCUT2D eigenvalue weighted by atomic mass is 16.5. The average molecular weight is 354 g/mol. The second-order valence-corrected chi connectivity index (χ2v) is 6.99. The highest BCUT2D eigenvalue weighted by Crippen LogP contribution is 2.27. The van der Waals surface area contributed by atoms with Gasteiger partial charge in [-0.05, 0) is 49.6 Å². The summed E-state index contributed by atoms with van der Waals surface area (Å²) in [5.74, 6) is 1.28. The molecule has 0 unspecified atom stereocenters. The van der Waals surface area contributed by atoms with E-state index < -0.39 is 0 Å². The highest BCUT2D eigenvalue weighted by Gasteiger charge is 2.13. The molecule has 0 aliphatic carbocycles. The molecule has 0 saturated carbocycles. The van der Waals surface area contributed by atoms with Gasteiger partial charge in [0, 0.05) is 12.2 Å². The summed E-state index contributed by atoms with van der Waals surface area (Å²) in [6, 6.07) is 15.9. The zero-order valence-corrected chi connectivity index (χ0v) is 16.3. The van der Waals surface area contributed by atoms with Crippen LogP contribution in [0.3, 0.4) is 0 Å². The lowest BCUT2D eigenvalue weighted by molar-refractivity contribution is -0.117. The molecule has 0 spiro atoms. The summed E-state index contributed by atoms with van der Waals surface area (Å²) in [4.78, 5) is 14.4. The van der Waals surface area contributed by atoms with Crippen molar-refractivity contribution >= 4 is 11.6 Å². The monoisotopic (exact) mass is 354 g/mol. The number of nitrogens with one attached hydrogen (secondary N) is 1. The summed E-state index contributed by atoms with van der Waals surface area (Å²) < 4.78 is 5.69. The summed E-state index contributed by atoms with van der Waals surface area (Å²) in [6.07, 6.45) is 0.875. The van der Waals surface area contributed by atoms with E-state index >= 15 is 0 Å². The number of likely N-dealkylation sites (N-methyl/N-ethyl adjacent to an activating group) is 1. The van der Waals surface area contributed by atoms with E-state index in [1.54, 1.807) is 0 Å². The molecule has 4 nitrogen and oxygen atoms in total. The van der Waals surface area contributed by atoms with Gasteiger partial charge < -0.3 is 10.1 Å². The summed E-state index contributed by atoms with van der Waals surface area (Å²) in [6.45, 7) is 8.15. The molecule has 0 radical (unpaired) electrons. The van der Waals surface area contributed by atoms with E-state index in [9.17, 15) is 4.79 Å². The van der Waals surface area contributed by atoms with Crippen molar-refractivity contribution in [1.82, 2.24) is 4.90 Å². The predicted molar refractivity (Wildman–Crippen MR) is 108 cm³/mol. The van der Waals surface area contributed by atoms with E-state index in [4.69, 9.17) is 4.74 Å². The van der Waals surface area contributed by atoms with Crippen LogP contribution in [0.1, 0.15) is 37.3 Å². The molecule has 2 aromatic rings. The van der Waals surface area contributed by atoms with E-state index in [-0.39, 0.29) is 5.91 Å². The third kappa shape index (κ3) is 6.19. The van der Waals surface area contributed by atoms with Crippen LogP contribution >= 0.6 is 0 Å². The number of aryl methyl sites for hydroxylation is 1. The number of carbonyl (C=O) groups is 1. The number of ether oxygens (including phenoxy) is 1. The molecule has 2 rings (SSSR count). The molecular formula is C22H30N2O2. The van der Waals surface area contributed by atoms with Gasteiger partial charge in [-0.2, -0.15) is 0 Å². The number of para-hydroxylation sites is 2. The van der Waals surface area contributed by atoms with Gasteiger partial charge >= 0.3 is 0 Å². The van der Waals surface area contributed by atoms with Crippen LogP contribution in [0.25, 0.3) is 0 Å². The van der Waals surface area contributed by atoms with E-state index in [0.29, 0.717) is 19.1 Å². The Kier molecular flexibility index (Phi) is 7.67. The van der Waals surface area contributed by atoms with Crippen LogP contribution in [0.4, 0.5) is 5.69 Å². The Bertz CT molecular complexity index is 699. The van der Waals surface area contributed by atoms with Crippen molar-refractivity contribution in [3.63, 3.8) is 0 Å². The van der Waals surface area contributed by atoms with Crippen molar-refractivity contribution in [1.29, 1.82) is 0 Å². The van der Waals surface area contributed by atoms with Gasteiger partial charge in [-0.1, -0.05) is 50.2 Å². The minimum Gasteiger partial charge on any atom is -0.494 e. The molecule has 2 aromatic carbocycles. The normalized spacial score (nSPS) is 11.0. The van der Waals surface area contributed by atoms with Crippen LogP contribution in [-0.2, 0) is 4.79 Å². The van der Waals surface area contributed by atoms with Crippen LogP contribution in [0.2, 0.25) is 0 Å². The van der Waals surface area contributed by atoms with Gasteiger partial charge in [0.05, 0.1) is 13.2 Å². The molecule has 26 heavy (non-hydrogen) atoms. The van der Waals surface area contributed by atoms with Gasteiger partial charge in [0.25, 0.3) is 0 Å². The first-order chi connectivity index (χ1) is 12.5. The van der Waals surface area contributed by atoms with E-state index in [2.05, 4.69) is 25.2 Å². The Morgan fingerprint density at radius 1 is 1.12 bits per heavy atom. The summed E-state index contributed by atoms with van der Waals surface area (Å²) in [5.41, 5.74) is 3.23. The molecule has 1 N–H and O–H groups in total. The number of nitrogens with zero attached hydrogens (tertiary/aromatic N) is 1. The fourth-order valence-corrected chi connectivity index (χ4v) is 2.89. The van der Waals surface area contributed by atoms with Crippen molar-refractivity contribution in [3.05, 3.63) is 59.7 Å². The van der Waals surface area contributed by atoms with Crippen molar-refractivity contribution < 1.29 is 9.53 Å². The molecule has 0 atom stereocenters. The van der Waals surface area contributed by atoms with Gasteiger partial charge in [-0.3, -0.25) is 9.69 Å². The largest absolute Gasteiger partial charge is 0.494 e. The lowest BCUT2D eigenvalue weighted by atomic mass is 9.98. The van der Waals surface area contributed by atoms with E-state index in [0.717, 1.165) is 30.0 Å². The Morgan fingerprint density at radius 3 is 2.54 bits per heavy atom. The maximum atomic E-state index is 12.4. The van der Waals surface area contributed by atoms with Crippen LogP contribution in [0.5, 0.6) is 5.75 Å². The first-order valence-corrected chi connectivity index (χ1v) is 9.23. The van der Waals surface area contributed by atoms with E-state index in [1.807, 2.05) is 61.3 Å². The average Bonchev–Trinajstić information content (AvgIpc) is 2.61. The van der Waals surface area contributed by atoms with Crippen molar-refractivity contribution in [2.24, 2.45) is 0 Å². The fourth-order valence-electron chi connectivity index (χ4n) is 2.89. The van der Waals surface area contributed by atoms with Crippen molar-refractivity contribution in [3.8, 4) is 5.75 Å². The molecule has 140 valence electrons. The number of rotatable bonds is 9. The first kappa shape index (κ1) is 20.0.